The third kappa shape index (κ3) is 3.46. The Balaban J connectivity index is 1.68. The van der Waals surface area contributed by atoms with Crippen molar-refractivity contribution >= 4 is 35.0 Å². The number of hydrogen-bond donors (Lipinski definition) is 1. The summed E-state index contributed by atoms with van der Waals surface area (Å²) in [5, 5.41) is 1.89. The van der Waals surface area contributed by atoms with Gasteiger partial charge in [0.1, 0.15) is 23.3 Å². The number of carbonyl (C=O) groups excluding carboxylic acids is 3. The summed E-state index contributed by atoms with van der Waals surface area (Å²) in [5.41, 5.74) is 7.13. The minimum atomic E-state index is -1.25. The van der Waals surface area contributed by atoms with Gasteiger partial charge in [-0.2, -0.15) is 0 Å². The Morgan fingerprint density at radius 2 is 2.03 bits per heavy atom. The van der Waals surface area contributed by atoms with Gasteiger partial charge in [-0.05, 0) is 68.0 Å². The lowest BCUT2D eigenvalue weighted by Gasteiger charge is -2.42. The first kappa shape index (κ1) is 22.5. The molecule has 3 aliphatic heterocycles. The van der Waals surface area contributed by atoms with Crippen molar-refractivity contribution in [1.82, 2.24) is 4.90 Å². The topological polar surface area (TPSA) is 102 Å². The Morgan fingerprint density at radius 3 is 2.65 bits per heavy atom. The lowest BCUT2D eigenvalue weighted by Crippen LogP contribution is -2.48. The van der Waals surface area contributed by atoms with Gasteiger partial charge in [0, 0.05) is 17.1 Å². The van der Waals surface area contributed by atoms with Gasteiger partial charge in [0.25, 0.3) is 0 Å². The molecule has 178 valence electrons. The minimum absolute atomic E-state index is 0.330. The average molecular weight is 482 g/mol. The maximum absolute atomic E-state index is 13.3. The van der Waals surface area contributed by atoms with Crippen molar-refractivity contribution < 1.29 is 23.9 Å². The number of ether oxygens (including phenoxy) is 2. The lowest BCUT2D eigenvalue weighted by molar-refractivity contribution is -0.152. The van der Waals surface area contributed by atoms with Gasteiger partial charge in [-0.3, -0.25) is 9.69 Å². The van der Waals surface area contributed by atoms with E-state index in [2.05, 4.69) is 0 Å². The molecule has 34 heavy (non-hydrogen) atoms. The van der Waals surface area contributed by atoms with Crippen LogP contribution in [0.3, 0.4) is 0 Å². The average Bonchev–Trinajstić information content (AvgIpc) is 3.50. The summed E-state index contributed by atoms with van der Waals surface area (Å²) in [4.78, 5) is 43.0. The van der Waals surface area contributed by atoms with Crippen LogP contribution in [0.1, 0.15) is 42.8 Å². The first-order valence-electron chi connectivity index (χ1n) is 11.3. The fraction of sp³-hybridized carbons (Fsp3) is 0.400. The molecule has 5 rings (SSSR count). The van der Waals surface area contributed by atoms with Crippen LogP contribution in [0.15, 0.2) is 47.5 Å². The number of hydrogen-bond acceptors (Lipinski definition) is 7. The van der Waals surface area contributed by atoms with Gasteiger partial charge in [0.15, 0.2) is 0 Å². The van der Waals surface area contributed by atoms with Crippen molar-refractivity contribution in [1.29, 1.82) is 0 Å². The van der Waals surface area contributed by atoms with Gasteiger partial charge in [0.05, 0.1) is 12.6 Å². The molecule has 2 N–H and O–H groups in total. The monoisotopic (exact) mass is 481 g/mol. The highest BCUT2D eigenvalue weighted by Gasteiger charge is 2.57. The van der Waals surface area contributed by atoms with Crippen molar-refractivity contribution in [3.63, 3.8) is 0 Å². The molecule has 0 aliphatic carbocycles. The summed E-state index contributed by atoms with van der Waals surface area (Å²) in [7, 11) is 0. The molecule has 0 radical (unpaired) electrons. The van der Waals surface area contributed by atoms with E-state index in [0.717, 1.165) is 16.0 Å². The van der Waals surface area contributed by atoms with Crippen LogP contribution in [0.5, 0.6) is 0 Å². The van der Waals surface area contributed by atoms with Crippen molar-refractivity contribution in [2.24, 2.45) is 5.73 Å². The second-order valence-corrected chi connectivity index (χ2v) is 10.7. The van der Waals surface area contributed by atoms with Gasteiger partial charge in [-0.15, -0.1) is 11.3 Å². The van der Waals surface area contributed by atoms with Gasteiger partial charge in [-0.1, -0.05) is 12.1 Å². The van der Waals surface area contributed by atoms with Crippen molar-refractivity contribution in [3.8, 4) is 0 Å². The summed E-state index contributed by atoms with van der Waals surface area (Å²) < 4.78 is 10.8. The number of amides is 2. The molecule has 1 saturated heterocycles. The van der Waals surface area contributed by atoms with Crippen LogP contribution >= 0.6 is 11.3 Å². The quantitative estimate of drug-likeness (QED) is 0.673. The standard InChI is InChI=1S/C25H27N3O5S/c1-24(2,3)33-21(29)18-14-25(22(26)30,19-5-4-12-34-19)20-17-13-16(27-10-11-32-23(27)31)7-6-15(17)8-9-28(18)20/h4-7,12-14,20H,8-11H2,1-3H3,(H2,26,30). The zero-order chi connectivity index (χ0) is 24.3. The maximum atomic E-state index is 13.3. The fourth-order valence-electron chi connectivity index (χ4n) is 5.08. The van der Waals surface area contributed by atoms with Gasteiger partial charge >= 0.3 is 12.1 Å². The molecule has 2 amide bonds. The van der Waals surface area contributed by atoms with Crippen LogP contribution in [-0.4, -0.2) is 48.2 Å². The van der Waals surface area contributed by atoms with E-state index >= 15 is 0 Å². The molecule has 3 aliphatic rings. The van der Waals surface area contributed by atoms with E-state index in [1.165, 1.54) is 11.3 Å². The largest absolute Gasteiger partial charge is 0.455 e. The molecule has 1 aromatic carbocycles. The summed E-state index contributed by atoms with van der Waals surface area (Å²) in [6.07, 6.45) is 1.97. The van der Waals surface area contributed by atoms with Gasteiger partial charge in [-0.25, -0.2) is 9.59 Å². The second kappa shape index (κ2) is 7.87. The summed E-state index contributed by atoms with van der Waals surface area (Å²) in [6.45, 7) is 6.76. The van der Waals surface area contributed by atoms with E-state index in [9.17, 15) is 14.4 Å². The number of fused-ring (bicyclic) bond motifs is 3. The van der Waals surface area contributed by atoms with Crippen molar-refractivity contribution in [3.05, 3.63) is 63.5 Å². The number of carbonyl (C=O) groups is 3. The minimum Gasteiger partial charge on any atom is -0.455 e. The number of esters is 1. The molecule has 4 heterocycles. The zero-order valence-corrected chi connectivity index (χ0v) is 20.2. The predicted octanol–water partition coefficient (Wildman–Crippen LogP) is 3.27. The Labute approximate surface area is 201 Å². The lowest BCUT2D eigenvalue weighted by atomic mass is 9.73. The zero-order valence-electron chi connectivity index (χ0n) is 19.4. The number of nitrogens with zero attached hydrogens (tertiary/aromatic N) is 2. The Morgan fingerprint density at radius 1 is 1.24 bits per heavy atom. The molecule has 2 atom stereocenters. The van der Waals surface area contributed by atoms with Crippen LogP contribution in [0, 0.1) is 0 Å². The number of cyclic esters (lactones) is 1. The van der Waals surface area contributed by atoms with E-state index in [-0.39, 0.29) is 0 Å². The van der Waals surface area contributed by atoms with E-state index in [1.54, 1.807) is 11.0 Å². The molecule has 0 bridgehead atoms. The predicted molar refractivity (Wildman–Crippen MR) is 127 cm³/mol. The first-order chi connectivity index (χ1) is 16.1. The molecule has 1 fully saturated rings. The van der Waals surface area contributed by atoms with E-state index in [4.69, 9.17) is 15.2 Å². The number of primary amides is 1. The number of nitrogens with two attached hydrogens (primary N) is 1. The first-order valence-corrected chi connectivity index (χ1v) is 12.1. The van der Waals surface area contributed by atoms with E-state index in [0.29, 0.717) is 37.5 Å². The van der Waals surface area contributed by atoms with Crippen molar-refractivity contribution in [2.45, 2.75) is 44.2 Å². The fourth-order valence-corrected chi connectivity index (χ4v) is 6.01. The van der Waals surface area contributed by atoms with Crippen LogP contribution < -0.4 is 10.6 Å². The summed E-state index contributed by atoms with van der Waals surface area (Å²) in [5.74, 6) is -1.03. The molecule has 2 aromatic rings. The third-order valence-electron chi connectivity index (χ3n) is 6.48. The van der Waals surface area contributed by atoms with E-state index < -0.39 is 35.0 Å². The Kier molecular flexibility index (Phi) is 5.20. The normalized spacial score (nSPS) is 23.8. The molecule has 9 heteroatoms. The second-order valence-electron chi connectivity index (χ2n) is 9.74. The third-order valence-corrected chi connectivity index (χ3v) is 7.50. The van der Waals surface area contributed by atoms with Gasteiger partial charge in [0.2, 0.25) is 5.91 Å². The van der Waals surface area contributed by atoms with Crippen LogP contribution in [0.25, 0.3) is 0 Å². The number of rotatable bonds is 4. The highest BCUT2D eigenvalue weighted by atomic mass is 32.1. The molecular formula is C25H27N3O5S. The SMILES string of the molecule is CC(C)(C)OC(=O)C1=CC(C(N)=O)(c2cccs2)C2c3cc(N4CCOC4=O)ccc3CCN12. The van der Waals surface area contributed by atoms with Crippen molar-refractivity contribution in [2.75, 3.05) is 24.6 Å². The number of thiophene rings is 1. The molecule has 0 saturated carbocycles. The van der Waals surface area contributed by atoms with Crippen LogP contribution in [0.4, 0.5) is 10.5 Å². The molecule has 0 spiro atoms. The maximum Gasteiger partial charge on any atom is 0.414 e. The van der Waals surface area contributed by atoms with E-state index in [1.807, 2.05) is 61.4 Å². The smallest absolute Gasteiger partial charge is 0.414 e. The van der Waals surface area contributed by atoms with Gasteiger partial charge < -0.3 is 20.1 Å². The summed E-state index contributed by atoms with van der Waals surface area (Å²) in [6, 6.07) is 9.02. The summed E-state index contributed by atoms with van der Waals surface area (Å²) >= 11 is 1.43. The number of benzene rings is 1. The van der Waals surface area contributed by atoms with Crippen LogP contribution in [0.2, 0.25) is 0 Å². The van der Waals surface area contributed by atoms with Crippen LogP contribution in [-0.2, 0) is 30.9 Å². The molecule has 2 unspecified atom stereocenters. The highest BCUT2D eigenvalue weighted by Crippen LogP contribution is 2.54. The Hall–Kier alpha value is -3.33. The number of anilines is 1. The Bertz CT molecular complexity index is 1200. The molecule has 8 nitrogen and oxygen atoms in total. The molecule has 1 aromatic heterocycles. The highest BCUT2D eigenvalue weighted by molar-refractivity contribution is 7.10. The molecular weight excluding hydrogens is 454 g/mol.